The molecule has 18 heavy (non-hydrogen) atoms. The van der Waals surface area contributed by atoms with Crippen molar-refractivity contribution < 1.29 is 0 Å². The molecule has 0 radical (unpaired) electrons. The van der Waals surface area contributed by atoms with Crippen molar-refractivity contribution in [3.8, 4) is 0 Å². The van der Waals surface area contributed by atoms with Gasteiger partial charge in [-0.25, -0.2) is 0 Å². The Bertz CT molecular complexity index is 353. The number of anilines is 1. The fourth-order valence-corrected chi connectivity index (χ4v) is 2.49. The second-order valence-corrected chi connectivity index (χ2v) is 5.85. The molecule has 0 amide bonds. The molecular formula is C15H25N3. The fourth-order valence-electron chi connectivity index (χ4n) is 2.49. The van der Waals surface area contributed by atoms with Gasteiger partial charge in [-0.05, 0) is 45.2 Å². The zero-order chi connectivity index (χ0) is 13.0. The van der Waals surface area contributed by atoms with E-state index >= 15 is 0 Å². The molecule has 1 aromatic heterocycles. The topological polar surface area (TPSA) is 28.2 Å². The molecule has 1 aliphatic heterocycles. The molecule has 0 unspecified atom stereocenters. The van der Waals surface area contributed by atoms with Gasteiger partial charge in [0.05, 0.1) is 0 Å². The highest BCUT2D eigenvalue weighted by molar-refractivity contribution is 5.44. The van der Waals surface area contributed by atoms with E-state index in [9.17, 15) is 0 Å². The molecule has 2 heterocycles. The number of aromatic nitrogens is 1. The first-order valence-corrected chi connectivity index (χ1v) is 7.03. The monoisotopic (exact) mass is 247 g/mol. The second-order valence-electron chi connectivity index (χ2n) is 5.85. The van der Waals surface area contributed by atoms with Gasteiger partial charge in [0.25, 0.3) is 0 Å². The Morgan fingerprint density at radius 2 is 1.89 bits per heavy atom. The second kappa shape index (κ2) is 5.70. The molecule has 0 spiro atoms. The number of pyridine rings is 1. The summed E-state index contributed by atoms with van der Waals surface area (Å²) in [5.74, 6) is 0. The van der Waals surface area contributed by atoms with Crippen molar-refractivity contribution >= 4 is 5.69 Å². The van der Waals surface area contributed by atoms with Gasteiger partial charge in [0.15, 0.2) is 0 Å². The molecule has 0 aliphatic carbocycles. The quantitative estimate of drug-likeness (QED) is 0.887. The summed E-state index contributed by atoms with van der Waals surface area (Å²) in [5.41, 5.74) is 1.57. The van der Waals surface area contributed by atoms with Gasteiger partial charge in [0.1, 0.15) is 0 Å². The number of nitrogens with zero attached hydrogens (tertiary/aromatic N) is 2. The predicted octanol–water partition coefficient (Wildman–Crippen LogP) is 2.83. The van der Waals surface area contributed by atoms with Crippen molar-refractivity contribution in [3.63, 3.8) is 0 Å². The molecule has 3 nitrogen and oxygen atoms in total. The molecule has 0 aromatic carbocycles. The molecule has 0 bridgehead atoms. The van der Waals surface area contributed by atoms with E-state index in [0.29, 0.717) is 6.04 Å². The van der Waals surface area contributed by atoms with Crippen LogP contribution >= 0.6 is 0 Å². The summed E-state index contributed by atoms with van der Waals surface area (Å²) < 4.78 is 0. The van der Waals surface area contributed by atoms with Crippen molar-refractivity contribution in [2.75, 3.05) is 18.0 Å². The fraction of sp³-hybridized carbons (Fsp3) is 0.667. The summed E-state index contributed by atoms with van der Waals surface area (Å²) in [5, 5.41) is 3.78. The van der Waals surface area contributed by atoms with Crippen molar-refractivity contribution in [1.82, 2.24) is 10.3 Å². The Hall–Kier alpha value is -1.09. The molecule has 1 N–H and O–H groups in total. The van der Waals surface area contributed by atoms with E-state index in [-0.39, 0.29) is 5.54 Å². The zero-order valence-corrected chi connectivity index (χ0v) is 11.8. The average Bonchev–Trinajstić information content (AvgIpc) is 2.40. The van der Waals surface area contributed by atoms with Crippen molar-refractivity contribution in [1.29, 1.82) is 0 Å². The first-order chi connectivity index (χ1) is 8.61. The van der Waals surface area contributed by atoms with Gasteiger partial charge in [-0.1, -0.05) is 6.92 Å². The van der Waals surface area contributed by atoms with Crippen LogP contribution in [0.25, 0.3) is 0 Å². The third-order valence-corrected chi connectivity index (χ3v) is 4.00. The van der Waals surface area contributed by atoms with Crippen LogP contribution in [-0.2, 0) is 0 Å². The van der Waals surface area contributed by atoms with Crippen LogP contribution in [0.5, 0.6) is 0 Å². The lowest BCUT2D eigenvalue weighted by atomic mass is 9.96. The molecule has 1 fully saturated rings. The minimum absolute atomic E-state index is 0.267. The van der Waals surface area contributed by atoms with Crippen LogP contribution in [0.1, 0.15) is 40.0 Å². The summed E-state index contributed by atoms with van der Waals surface area (Å²) in [7, 11) is 0. The van der Waals surface area contributed by atoms with Crippen LogP contribution < -0.4 is 10.2 Å². The van der Waals surface area contributed by atoms with Gasteiger partial charge < -0.3 is 10.2 Å². The van der Waals surface area contributed by atoms with E-state index in [1.54, 1.807) is 0 Å². The van der Waals surface area contributed by atoms with Crippen LogP contribution in [-0.4, -0.2) is 29.7 Å². The van der Waals surface area contributed by atoms with Crippen molar-refractivity contribution in [3.05, 3.63) is 24.5 Å². The van der Waals surface area contributed by atoms with E-state index < -0.39 is 0 Å². The molecular weight excluding hydrogens is 222 g/mol. The molecule has 0 saturated carbocycles. The maximum atomic E-state index is 4.08. The van der Waals surface area contributed by atoms with E-state index in [4.69, 9.17) is 0 Å². The van der Waals surface area contributed by atoms with Crippen LogP contribution in [0.4, 0.5) is 5.69 Å². The van der Waals surface area contributed by atoms with E-state index in [1.807, 2.05) is 12.4 Å². The van der Waals surface area contributed by atoms with Gasteiger partial charge in [0, 0.05) is 42.8 Å². The Balaban J connectivity index is 1.85. The van der Waals surface area contributed by atoms with Crippen molar-refractivity contribution in [2.45, 2.75) is 51.6 Å². The third-order valence-electron chi connectivity index (χ3n) is 4.00. The van der Waals surface area contributed by atoms with Crippen LogP contribution in [0, 0.1) is 0 Å². The summed E-state index contributed by atoms with van der Waals surface area (Å²) in [6, 6.07) is 4.87. The molecule has 1 aromatic rings. The first kappa shape index (κ1) is 13.3. The lowest BCUT2D eigenvalue weighted by Crippen LogP contribution is -2.50. The van der Waals surface area contributed by atoms with Crippen LogP contribution in [0.2, 0.25) is 0 Å². The predicted molar refractivity (Wildman–Crippen MR) is 77.0 cm³/mol. The largest absolute Gasteiger partial charge is 0.371 e. The summed E-state index contributed by atoms with van der Waals surface area (Å²) in [6.07, 6.45) is 7.38. The maximum Gasteiger partial charge on any atom is 0.0397 e. The standard InChI is InChI=1S/C15H25N3/c1-4-15(2,3)17-13-7-11-18(12-8-13)14-5-9-16-10-6-14/h5-6,9-10,13,17H,4,7-8,11-12H2,1-3H3. The number of hydrogen-bond acceptors (Lipinski definition) is 3. The van der Waals surface area contributed by atoms with Gasteiger partial charge in [-0.15, -0.1) is 0 Å². The zero-order valence-electron chi connectivity index (χ0n) is 11.8. The Kier molecular flexibility index (Phi) is 4.23. The van der Waals surface area contributed by atoms with E-state index in [0.717, 1.165) is 13.1 Å². The molecule has 1 aliphatic rings. The molecule has 0 atom stereocenters. The molecule has 100 valence electrons. The van der Waals surface area contributed by atoms with Gasteiger partial charge in [-0.2, -0.15) is 0 Å². The van der Waals surface area contributed by atoms with Gasteiger partial charge >= 0.3 is 0 Å². The number of hydrogen-bond donors (Lipinski definition) is 1. The SMILES string of the molecule is CCC(C)(C)NC1CCN(c2ccncc2)CC1. The Morgan fingerprint density at radius 1 is 1.28 bits per heavy atom. The maximum absolute atomic E-state index is 4.08. The Morgan fingerprint density at radius 3 is 2.44 bits per heavy atom. The average molecular weight is 247 g/mol. The first-order valence-electron chi connectivity index (χ1n) is 7.03. The highest BCUT2D eigenvalue weighted by Gasteiger charge is 2.24. The van der Waals surface area contributed by atoms with Gasteiger partial charge in [0.2, 0.25) is 0 Å². The normalized spacial score (nSPS) is 18.1. The number of rotatable bonds is 4. The van der Waals surface area contributed by atoms with Crippen LogP contribution in [0.3, 0.4) is 0 Å². The third kappa shape index (κ3) is 3.45. The smallest absolute Gasteiger partial charge is 0.0397 e. The minimum atomic E-state index is 0.267. The highest BCUT2D eigenvalue weighted by Crippen LogP contribution is 2.20. The lowest BCUT2D eigenvalue weighted by Gasteiger charge is -2.38. The van der Waals surface area contributed by atoms with Crippen LogP contribution in [0.15, 0.2) is 24.5 Å². The van der Waals surface area contributed by atoms with E-state index in [1.165, 1.54) is 24.9 Å². The summed E-state index contributed by atoms with van der Waals surface area (Å²) in [6.45, 7) is 9.12. The van der Waals surface area contributed by atoms with Crippen molar-refractivity contribution in [2.24, 2.45) is 0 Å². The molecule has 2 rings (SSSR count). The highest BCUT2D eigenvalue weighted by atomic mass is 15.2. The number of piperidine rings is 1. The van der Waals surface area contributed by atoms with E-state index in [2.05, 4.69) is 48.1 Å². The molecule has 1 saturated heterocycles. The lowest BCUT2D eigenvalue weighted by molar-refractivity contribution is 0.291. The Labute approximate surface area is 111 Å². The summed E-state index contributed by atoms with van der Waals surface area (Å²) >= 11 is 0. The minimum Gasteiger partial charge on any atom is -0.371 e. The number of nitrogens with one attached hydrogen (secondary N) is 1. The van der Waals surface area contributed by atoms with Gasteiger partial charge in [-0.3, -0.25) is 4.98 Å². The molecule has 3 heteroatoms. The summed E-state index contributed by atoms with van der Waals surface area (Å²) in [4.78, 5) is 6.53.